The van der Waals surface area contributed by atoms with E-state index in [-0.39, 0.29) is 0 Å². The van der Waals surface area contributed by atoms with Gasteiger partial charge >= 0.3 is 0 Å². The second kappa shape index (κ2) is 5.41. The first-order valence-corrected chi connectivity index (χ1v) is 7.87. The van der Waals surface area contributed by atoms with Gasteiger partial charge < -0.3 is 5.32 Å². The van der Waals surface area contributed by atoms with Gasteiger partial charge in [-0.3, -0.25) is 4.98 Å². The number of rotatable bonds is 3. The molecule has 0 amide bonds. The monoisotopic (exact) mass is 298 g/mol. The summed E-state index contributed by atoms with van der Waals surface area (Å²) in [5, 5.41) is 4.32. The Labute approximate surface area is 128 Å². The summed E-state index contributed by atoms with van der Waals surface area (Å²) in [6, 6.07) is 4.04. The van der Waals surface area contributed by atoms with Gasteiger partial charge in [-0.1, -0.05) is 13.0 Å². The molecule has 5 heteroatoms. The lowest BCUT2D eigenvalue weighted by Gasteiger charge is -2.08. The van der Waals surface area contributed by atoms with Gasteiger partial charge in [0.2, 0.25) is 0 Å². The van der Waals surface area contributed by atoms with Gasteiger partial charge in [0.15, 0.2) is 5.82 Å². The second-order valence-corrected chi connectivity index (χ2v) is 6.18. The Hall–Kier alpha value is -2.01. The highest BCUT2D eigenvalue weighted by Gasteiger charge is 2.16. The summed E-state index contributed by atoms with van der Waals surface area (Å²) in [6.07, 6.45) is 2.72. The third-order valence-electron chi connectivity index (χ3n) is 3.75. The molecule has 0 radical (unpaired) electrons. The molecule has 0 aliphatic carbocycles. The number of nitrogens with zero attached hydrogens (tertiary/aromatic N) is 3. The van der Waals surface area contributed by atoms with E-state index in [9.17, 15) is 0 Å². The van der Waals surface area contributed by atoms with Crippen molar-refractivity contribution in [3.63, 3.8) is 0 Å². The minimum atomic E-state index is 0.700. The normalized spacial score (nSPS) is 11.0. The van der Waals surface area contributed by atoms with Crippen molar-refractivity contribution in [1.29, 1.82) is 0 Å². The van der Waals surface area contributed by atoms with Crippen LogP contribution in [-0.2, 0) is 6.42 Å². The minimum Gasteiger partial charge on any atom is -0.372 e. The number of aromatic nitrogens is 3. The maximum absolute atomic E-state index is 4.75. The fourth-order valence-corrected chi connectivity index (χ4v) is 3.49. The Kier molecular flexibility index (Phi) is 3.59. The Morgan fingerprint density at radius 1 is 1.24 bits per heavy atom. The summed E-state index contributed by atoms with van der Waals surface area (Å²) >= 11 is 1.71. The van der Waals surface area contributed by atoms with Gasteiger partial charge in [0.1, 0.15) is 16.3 Å². The second-order valence-electron chi connectivity index (χ2n) is 4.97. The van der Waals surface area contributed by atoms with Crippen LogP contribution in [-0.4, -0.2) is 22.0 Å². The number of hydrogen-bond donors (Lipinski definition) is 1. The zero-order chi connectivity index (χ0) is 15.0. The Morgan fingerprint density at radius 2 is 2.05 bits per heavy atom. The van der Waals surface area contributed by atoms with E-state index in [0.717, 1.165) is 28.1 Å². The first-order chi connectivity index (χ1) is 10.2. The van der Waals surface area contributed by atoms with Crippen molar-refractivity contribution in [1.82, 2.24) is 15.0 Å². The Morgan fingerprint density at radius 3 is 2.76 bits per heavy atom. The molecule has 3 aromatic heterocycles. The molecule has 0 aliphatic rings. The van der Waals surface area contributed by atoms with E-state index in [1.54, 1.807) is 17.5 Å². The lowest BCUT2D eigenvalue weighted by molar-refractivity contribution is 1.08. The summed E-state index contributed by atoms with van der Waals surface area (Å²) in [5.74, 6) is 1.58. The van der Waals surface area contributed by atoms with Gasteiger partial charge in [-0.25, -0.2) is 9.97 Å². The molecule has 0 spiro atoms. The van der Waals surface area contributed by atoms with E-state index < -0.39 is 0 Å². The molecule has 3 heterocycles. The van der Waals surface area contributed by atoms with Crippen LogP contribution in [0.15, 0.2) is 18.3 Å². The number of fused-ring (bicyclic) bond motifs is 1. The van der Waals surface area contributed by atoms with E-state index >= 15 is 0 Å². The quantitative estimate of drug-likeness (QED) is 0.794. The lowest BCUT2D eigenvalue weighted by atomic mass is 10.1. The van der Waals surface area contributed by atoms with Crippen LogP contribution in [0.25, 0.3) is 21.7 Å². The third kappa shape index (κ3) is 2.27. The highest BCUT2D eigenvalue weighted by molar-refractivity contribution is 7.18. The Balaban J connectivity index is 2.29. The van der Waals surface area contributed by atoms with Crippen molar-refractivity contribution in [2.75, 3.05) is 12.4 Å². The van der Waals surface area contributed by atoms with Gasteiger partial charge in [0.05, 0.1) is 5.39 Å². The van der Waals surface area contributed by atoms with Crippen LogP contribution in [0.2, 0.25) is 0 Å². The minimum absolute atomic E-state index is 0.700. The van der Waals surface area contributed by atoms with Gasteiger partial charge in [-0.15, -0.1) is 11.3 Å². The third-order valence-corrected chi connectivity index (χ3v) is 4.85. The van der Waals surface area contributed by atoms with Gasteiger partial charge in [-0.05, 0) is 37.5 Å². The van der Waals surface area contributed by atoms with Crippen LogP contribution in [0.1, 0.15) is 22.9 Å². The summed E-state index contributed by atoms with van der Waals surface area (Å²) in [5.41, 5.74) is 3.30. The Bertz CT molecular complexity index is 807. The zero-order valence-corrected chi connectivity index (χ0v) is 13.5. The van der Waals surface area contributed by atoms with Crippen molar-refractivity contribution >= 4 is 27.4 Å². The molecule has 1 N–H and O–H groups in total. The van der Waals surface area contributed by atoms with Crippen molar-refractivity contribution in [2.24, 2.45) is 0 Å². The molecule has 0 saturated carbocycles. The standard InChI is InChI=1S/C16H18N4S/c1-5-11-7-6-8-18-13(11)15-19-14(17-4)12-9(2)10(3)21-16(12)20-15/h6-8H,5H2,1-4H3,(H,17,19,20). The SMILES string of the molecule is CCc1cccnc1-c1nc(NC)c2c(C)c(C)sc2n1. The number of anilines is 1. The fourth-order valence-electron chi connectivity index (χ4n) is 2.46. The van der Waals surface area contributed by atoms with Crippen LogP contribution in [0.5, 0.6) is 0 Å². The van der Waals surface area contributed by atoms with Crippen molar-refractivity contribution in [2.45, 2.75) is 27.2 Å². The molecule has 3 aromatic rings. The number of aryl methyl sites for hydroxylation is 3. The van der Waals surface area contributed by atoms with Crippen LogP contribution >= 0.6 is 11.3 Å². The van der Waals surface area contributed by atoms with Gasteiger partial charge in [0, 0.05) is 18.1 Å². The van der Waals surface area contributed by atoms with E-state index in [1.165, 1.54) is 16.0 Å². The van der Waals surface area contributed by atoms with Crippen LogP contribution in [0, 0.1) is 13.8 Å². The van der Waals surface area contributed by atoms with E-state index in [2.05, 4.69) is 37.1 Å². The average Bonchev–Trinajstić information content (AvgIpc) is 2.81. The van der Waals surface area contributed by atoms with Crippen LogP contribution in [0.3, 0.4) is 0 Å². The van der Waals surface area contributed by atoms with Crippen molar-refractivity contribution in [3.05, 3.63) is 34.3 Å². The molecule has 0 bridgehead atoms. The zero-order valence-electron chi connectivity index (χ0n) is 12.7. The first-order valence-electron chi connectivity index (χ1n) is 7.05. The van der Waals surface area contributed by atoms with Crippen LogP contribution in [0.4, 0.5) is 5.82 Å². The topological polar surface area (TPSA) is 50.7 Å². The molecule has 0 aromatic carbocycles. The fraction of sp³-hybridized carbons (Fsp3) is 0.312. The van der Waals surface area contributed by atoms with Gasteiger partial charge in [-0.2, -0.15) is 0 Å². The molecular formula is C16H18N4S. The highest BCUT2D eigenvalue weighted by Crippen LogP contribution is 2.34. The molecule has 21 heavy (non-hydrogen) atoms. The number of thiophene rings is 1. The lowest BCUT2D eigenvalue weighted by Crippen LogP contribution is -2.01. The summed E-state index contributed by atoms with van der Waals surface area (Å²) in [6.45, 7) is 6.37. The van der Waals surface area contributed by atoms with Crippen LogP contribution < -0.4 is 5.32 Å². The number of hydrogen-bond acceptors (Lipinski definition) is 5. The summed E-state index contributed by atoms with van der Waals surface area (Å²) < 4.78 is 0. The predicted octanol–water partition coefficient (Wildman–Crippen LogP) is 3.97. The van der Waals surface area contributed by atoms with E-state index in [4.69, 9.17) is 9.97 Å². The highest BCUT2D eigenvalue weighted by atomic mass is 32.1. The molecule has 0 saturated heterocycles. The summed E-state index contributed by atoms with van der Waals surface area (Å²) in [7, 11) is 1.90. The molecular weight excluding hydrogens is 280 g/mol. The largest absolute Gasteiger partial charge is 0.372 e. The van der Waals surface area contributed by atoms with Gasteiger partial charge in [0.25, 0.3) is 0 Å². The molecule has 0 atom stereocenters. The first kappa shape index (κ1) is 13.9. The molecule has 0 unspecified atom stereocenters. The molecule has 108 valence electrons. The molecule has 3 rings (SSSR count). The maximum atomic E-state index is 4.75. The van der Waals surface area contributed by atoms with E-state index in [0.29, 0.717) is 5.82 Å². The summed E-state index contributed by atoms with van der Waals surface area (Å²) in [4.78, 5) is 16.2. The molecule has 0 aliphatic heterocycles. The maximum Gasteiger partial charge on any atom is 0.181 e. The predicted molar refractivity (Wildman–Crippen MR) is 89.0 cm³/mol. The number of nitrogens with one attached hydrogen (secondary N) is 1. The molecule has 4 nitrogen and oxygen atoms in total. The van der Waals surface area contributed by atoms with Crippen molar-refractivity contribution < 1.29 is 0 Å². The smallest absolute Gasteiger partial charge is 0.181 e. The van der Waals surface area contributed by atoms with E-state index in [1.807, 2.05) is 13.1 Å². The molecule has 0 fully saturated rings. The van der Waals surface area contributed by atoms with Crippen molar-refractivity contribution in [3.8, 4) is 11.5 Å². The number of pyridine rings is 1. The average molecular weight is 298 g/mol.